The summed E-state index contributed by atoms with van der Waals surface area (Å²) in [6.45, 7) is -1.22. The van der Waals surface area contributed by atoms with E-state index in [4.69, 9.17) is 4.65 Å². The van der Waals surface area contributed by atoms with E-state index in [1.54, 1.807) is 6.92 Å². The van der Waals surface area contributed by atoms with Crippen molar-refractivity contribution in [3.63, 3.8) is 0 Å². The Kier molecular flexibility index (Phi) is 6.18. The number of allylic oxidation sites excluding steroid dienone is 2. The fourth-order valence-corrected chi connectivity index (χ4v) is 5.59. The molecule has 2 aliphatic heterocycles. The van der Waals surface area contributed by atoms with Crippen molar-refractivity contribution in [2.75, 3.05) is 0 Å². The van der Waals surface area contributed by atoms with Gasteiger partial charge in [0.1, 0.15) is 5.71 Å². The maximum Gasteiger partial charge on any atom is 0.722 e. The minimum absolute atomic E-state index is 0.161. The van der Waals surface area contributed by atoms with Gasteiger partial charge in [0.15, 0.2) is 5.70 Å². The van der Waals surface area contributed by atoms with Gasteiger partial charge in [-0.25, -0.2) is 0 Å². The molecule has 0 spiro atoms. The van der Waals surface area contributed by atoms with Crippen LogP contribution in [0.2, 0.25) is 0 Å². The highest BCUT2D eigenvalue weighted by atomic mass is 16.6. The van der Waals surface area contributed by atoms with Crippen LogP contribution in [0.3, 0.4) is 0 Å². The Labute approximate surface area is 222 Å². The molecule has 2 aliphatic rings. The van der Waals surface area contributed by atoms with Gasteiger partial charge in [-0.3, -0.25) is 4.79 Å². The molecule has 3 aromatic carbocycles. The molecular weight excluding hydrogens is 471 g/mol. The average molecular weight is 500 g/mol. The highest BCUT2D eigenvalue weighted by Crippen LogP contribution is 2.40. The highest BCUT2D eigenvalue weighted by molar-refractivity contribution is 6.60. The van der Waals surface area contributed by atoms with Gasteiger partial charge in [-0.15, -0.1) is 0 Å². The molecule has 0 unspecified atom stereocenters. The van der Waals surface area contributed by atoms with Gasteiger partial charge in [0, 0.05) is 30.7 Å². The van der Waals surface area contributed by atoms with Crippen LogP contribution < -0.4 is 0 Å². The minimum atomic E-state index is -2.96. The molecule has 0 amide bonds. The van der Waals surface area contributed by atoms with Crippen LogP contribution in [0.4, 0.5) is 0 Å². The van der Waals surface area contributed by atoms with Gasteiger partial charge in [-0.05, 0) is 34.5 Å². The van der Waals surface area contributed by atoms with Gasteiger partial charge < -0.3 is 18.6 Å². The molecule has 1 N–H and O–H groups in total. The molecule has 38 heavy (non-hydrogen) atoms. The van der Waals surface area contributed by atoms with Crippen molar-refractivity contribution in [3.05, 3.63) is 149 Å². The second-order valence-corrected chi connectivity index (χ2v) is 9.73. The topological polar surface area (TPSA) is 54.5 Å². The van der Waals surface area contributed by atoms with Gasteiger partial charge in [0.25, 0.3) is 5.97 Å². The number of fused-ring (bicyclic) bond motifs is 2. The third-order valence-corrected chi connectivity index (χ3v) is 7.29. The quantitative estimate of drug-likeness (QED) is 0.349. The number of hydrogen-bond donors (Lipinski definition) is 1. The standard InChI is InChI=1S/C32H29BN2O3/c1-2-31(36)38-33(37)34-27(22-24-12-6-3-7-13-24)18-20-29(34)32(26-16-10-5-11-17-26)30-21-19-28(35(30)33)23-25-14-8-4-9-15-25/h3-21,37H,2,22-23H2,1H3. The summed E-state index contributed by atoms with van der Waals surface area (Å²) in [5.41, 5.74) is 7.63. The van der Waals surface area contributed by atoms with E-state index >= 15 is 0 Å². The van der Waals surface area contributed by atoms with E-state index in [2.05, 4.69) is 36.4 Å². The molecule has 6 rings (SSSR count). The first-order chi connectivity index (χ1) is 18.6. The summed E-state index contributed by atoms with van der Waals surface area (Å²) in [5, 5.41) is 12.6. The first kappa shape index (κ1) is 24.0. The molecule has 0 fully saturated rings. The lowest BCUT2D eigenvalue weighted by atomic mass is 9.79. The molecule has 5 nitrogen and oxygen atoms in total. The molecule has 0 radical (unpaired) electrons. The summed E-state index contributed by atoms with van der Waals surface area (Å²) in [6, 6.07) is 34.5. The second-order valence-electron chi connectivity index (χ2n) is 9.73. The highest BCUT2D eigenvalue weighted by Gasteiger charge is 2.55. The molecule has 1 aromatic heterocycles. The number of rotatable bonds is 7. The third kappa shape index (κ3) is 4.13. The van der Waals surface area contributed by atoms with E-state index in [9.17, 15) is 9.82 Å². The molecule has 4 aromatic rings. The fourth-order valence-electron chi connectivity index (χ4n) is 5.59. The van der Waals surface area contributed by atoms with Crippen molar-refractivity contribution >= 4 is 24.1 Å². The van der Waals surface area contributed by atoms with Crippen LogP contribution in [0, 0.1) is 0 Å². The Morgan fingerprint density at radius 2 is 1.42 bits per heavy atom. The largest absolute Gasteiger partial charge is 0.722 e. The van der Waals surface area contributed by atoms with E-state index in [0.29, 0.717) is 12.8 Å². The number of benzene rings is 3. The lowest BCUT2D eigenvalue weighted by Gasteiger charge is -2.39. The number of hydrogen-bond acceptors (Lipinski definition) is 3. The van der Waals surface area contributed by atoms with Crippen molar-refractivity contribution < 1.29 is 19.0 Å². The Bertz CT molecular complexity index is 1590. The molecule has 6 heteroatoms. The first-order valence-electron chi connectivity index (χ1n) is 13.1. The van der Waals surface area contributed by atoms with Crippen LogP contribution in [0.15, 0.2) is 121 Å². The van der Waals surface area contributed by atoms with Crippen molar-refractivity contribution in [2.24, 2.45) is 0 Å². The van der Waals surface area contributed by atoms with E-state index in [-0.39, 0.29) is 6.42 Å². The average Bonchev–Trinajstić information content (AvgIpc) is 3.56. The van der Waals surface area contributed by atoms with E-state index < -0.39 is 12.8 Å². The predicted molar refractivity (Wildman–Crippen MR) is 150 cm³/mol. The normalized spacial score (nSPS) is 17.9. The van der Waals surface area contributed by atoms with Gasteiger partial charge in [0.2, 0.25) is 0 Å². The SMILES string of the molecule is CCC(=O)O[B@@-]1(O)n2c(Cc3ccccc3)ccc2C(c2ccccc2)=C2C=CC(Cc3ccccc3)=[N+]21. The Balaban J connectivity index is 1.61. The Hall–Kier alpha value is -4.42. The summed E-state index contributed by atoms with van der Waals surface area (Å²) < 4.78 is 9.73. The van der Waals surface area contributed by atoms with Crippen molar-refractivity contribution in [1.29, 1.82) is 0 Å². The molecule has 3 heterocycles. The molecule has 0 aliphatic carbocycles. The maximum absolute atomic E-state index is 12.8. The van der Waals surface area contributed by atoms with Crippen LogP contribution >= 0.6 is 0 Å². The monoisotopic (exact) mass is 500 g/mol. The van der Waals surface area contributed by atoms with E-state index in [0.717, 1.165) is 45.1 Å². The molecule has 0 bridgehead atoms. The van der Waals surface area contributed by atoms with Gasteiger partial charge >= 0.3 is 6.82 Å². The van der Waals surface area contributed by atoms with Crippen molar-refractivity contribution in [1.82, 2.24) is 4.48 Å². The summed E-state index contributed by atoms with van der Waals surface area (Å²) in [7, 11) is 0. The lowest BCUT2D eigenvalue weighted by Crippen LogP contribution is -2.62. The number of aromatic nitrogens is 1. The van der Waals surface area contributed by atoms with E-state index in [1.165, 1.54) is 0 Å². The molecular formula is C32H29BN2O3. The van der Waals surface area contributed by atoms with Gasteiger partial charge in [0.05, 0.1) is 12.0 Å². The lowest BCUT2D eigenvalue weighted by molar-refractivity contribution is -0.377. The number of nitrogens with zero attached hydrogens (tertiary/aromatic N) is 2. The number of carbonyl (C=O) groups excluding carboxylic acids is 1. The third-order valence-electron chi connectivity index (χ3n) is 7.29. The van der Waals surface area contributed by atoms with Crippen LogP contribution in [0.25, 0.3) is 5.57 Å². The summed E-state index contributed by atoms with van der Waals surface area (Å²) >= 11 is 0. The molecule has 0 saturated heterocycles. The summed E-state index contributed by atoms with van der Waals surface area (Å²) in [4.78, 5) is 12.8. The summed E-state index contributed by atoms with van der Waals surface area (Å²) in [5.74, 6) is -0.453. The van der Waals surface area contributed by atoms with E-state index in [1.807, 2.05) is 87.8 Å². The van der Waals surface area contributed by atoms with Crippen molar-refractivity contribution in [2.45, 2.75) is 26.2 Å². The van der Waals surface area contributed by atoms with Gasteiger partial charge in [-0.2, -0.15) is 0 Å². The Morgan fingerprint density at radius 3 is 2.05 bits per heavy atom. The van der Waals surface area contributed by atoms with Crippen LogP contribution in [-0.4, -0.2) is 32.5 Å². The van der Waals surface area contributed by atoms with Crippen LogP contribution in [-0.2, 0) is 22.3 Å². The Morgan fingerprint density at radius 1 is 0.816 bits per heavy atom. The van der Waals surface area contributed by atoms with Crippen LogP contribution in [0.1, 0.15) is 41.4 Å². The second kappa shape index (κ2) is 9.80. The van der Waals surface area contributed by atoms with Gasteiger partial charge in [-0.1, -0.05) is 97.9 Å². The zero-order valence-corrected chi connectivity index (χ0v) is 21.3. The zero-order chi connectivity index (χ0) is 26.1. The maximum atomic E-state index is 12.8. The first-order valence-corrected chi connectivity index (χ1v) is 13.1. The van der Waals surface area contributed by atoms with Crippen LogP contribution in [0.5, 0.6) is 0 Å². The fraction of sp³-hybridized carbons (Fsp3) is 0.125. The van der Waals surface area contributed by atoms with Crippen molar-refractivity contribution in [3.8, 4) is 0 Å². The predicted octanol–water partition coefficient (Wildman–Crippen LogP) is 5.35. The molecule has 1 atom stereocenters. The zero-order valence-electron chi connectivity index (χ0n) is 21.3. The molecule has 188 valence electrons. The smallest absolute Gasteiger partial charge is 0.587 e. The minimum Gasteiger partial charge on any atom is -0.587 e. The molecule has 0 saturated carbocycles. The number of carbonyl (C=O) groups is 1. The summed E-state index contributed by atoms with van der Waals surface area (Å²) in [6.07, 6.45) is 5.39.